The Morgan fingerprint density at radius 2 is 2.35 bits per heavy atom. The third-order valence-electron chi connectivity index (χ3n) is 4.39. The number of nitrogens with one attached hydrogen (secondary N) is 1. The molecule has 0 bridgehead atoms. The summed E-state index contributed by atoms with van der Waals surface area (Å²) >= 11 is 0. The van der Waals surface area contributed by atoms with E-state index in [1.54, 1.807) is 0 Å². The molecule has 2 atom stereocenters. The Balaban J connectivity index is 1.90. The number of hydrogen-bond donors (Lipinski definition) is 1. The quantitative estimate of drug-likeness (QED) is 0.781. The minimum Gasteiger partial charge on any atom is -0.344 e. The molecule has 4 nitrogen and oxygen atoms in total. The highest BCUT2D eigenvalue weighted by Gasteiger charge is 2.39. The van der Waals surface area contributed by atoms with Gasteiger partial charge in [-0.15, -0.1) is 0 Å². The lowest BCUT2D eigenvalue weighted by atomic mass is 9.88. The summed E-state index contributed by atoms with van der Waals surface area (Å²) in [5.41, 5.74) is -0.175. The summed E-state index contributed by atoms with van der Waals surface area (Å²) in [7, 11) is 4.12. The second kappa shape index (κ2) is 4.94. The predicted octanol–water partition coefficient (Wildman–Crippen LogP) is 0.539. The van der Waals surface area contributed by atoms with Crippen LogP contribution in [0.3, 0.4) is 0 Å². The molecule has 2 rings (SSSR count). The van der Waals surface area contributed by atoms with Gasteiger partial charge < -0.3 is 15.1 Å². The Bertz CT molecular complexity index is 286. The van der Waals surface area contributed by atoms with E-state index in [0.717, 1.165) is 26.1 Å². The van der Waals surface area contributed by atoms with Crippen LogP contribution in [0, 0.1) is 5.41 Å². The normalized spacial score (nSPS) is 34.2. The molecule has 0 saturated carbocycles. The maximum absolute atomic E-state index is 12.4. The minimum atomic E-state index is -0.175. The fraction of sp³-hybridized carbons (Fsp3) is 0.923. The summed E-state index contributed by atoms with van der Waals surface area (Å²) in [5.74, 6) is 0.308. The van der Waals surface area contributed by atoms with Crippen molar-refractivity contribution in [2.24, 2.45) is 5.41 Å². The largest absolute Gasteiger partial charge is 0.344 e. The molecule has 2 unspecified atom stereocenters. The van der Waals surface area contributed by atoms with Crippen LogP contribution in [0.25, 0.3) is 0 Å². The van der Waals surface area contributed by atoms with Crippen LogP contribution in [0.5, 0.6) is 0 Å². The van der Waals surface area contributed by atoms with Crippen molar-refractivity contribution in [1.29, 1.82) is 0 Å². The van der Waals surface area contributed by atoms with Gasteiger partial charge in [-0.3, -0.25) is 4.79 Å². The van der Waals surface area contributed by atoms with Gasteiger partial charge in [0, 0.05) is 26.2 Å². The van der Waals surface area contributed by atoms with E-state index in [4.69, 9.17) is 0 Å². The highest BCUT2D eigenvalue weighted by atomic mass is 16.2. The van der Waals surface area contributed by atoms with Crippen LogP contribution in [-0.4, -0.2) is 62.0 Å². The first-order valence-corrected chi connectivity index (χ1v) is 6.69. The molecule has 1 N–H and O–H groups in total. The lowest BCUT2D eigenvalue weighted by molar-refractivity contribution is -0.139. The number of rotatable bonds is 3. The number of carbonyl (C=O) groups excluding carboxylic acids is 1. The number of likely N-dealkylation sites (tertiary alicyclic amines) is 1. The first kappa shape index (κ1) is 12.8. The molecule has 0 radical (unpaired) electrons. The predicted molar refractivity (Wildman–Crippen MR) is 68.9 cm³/mol. The summed E-state index contributed by atoms with van der Waals surface area (Å²) in [6, 6.07) is 0.557. The van der Waals surface area contributed by atoms with Crippen molar-refractivity contribution >= 4 is 5.91 Å². The van der Waals surface area contributed by atoms with Crippen molar-refractivity contribution in [3.63, 3.8) is 0 Å². The van der Waals surface area contributed by atoms with Gasteiger partial charge in [-0.25, -0.2) is 0 Å². The third-order valence-corrected chi connectivity index (χ3v) is 4.39. The standard InChI is InChI=1S/C13H25N3O/c1-13(6-7-14-10-13)12(17)16(3)9-11-5-4-8-15(11)2/h11,14H,4-10H2,1-3H3. The maximum Gasteiger partial charge on any atom is 0.229 e. The van der Waals surface area contributed by atoms with Crippen LogP contribution >= 0.6 is 0 Å². The molecule has 17 heavy (non-hydrogen) atoms. The first-order valence-electron chi connectivity index (χ1n) is 6.69. The van der Waals surface area contributed by atoms with E-state index < -0.39 is 0 Å². The zero-order valence-electron chi connectivity index (χ0n) is 11.3. The number of hydrogen-bond acceptors (Lipinski definition) is 3. The number of amides is 1. The highest BCUT2D eigenvalue weighted by molar-refractivity contribution is 5.82. The van der Waals surface area contributed by atoms with Gasteiger partial charge in [0.1, 0.15) is 0 Å². The van der Waals surface area contributed by atoms with Crippen LogP contribution in [0.15, 0.2) is 0 Å². The molecule has 0 spiro atoms. The van der Waals surface area contributed by atoms with Crippen molar-refractivity contribution in [1.82, 2.24) is 15.1 Å². The molecule has 98 valence electrons. The van der Waals surface area contributed by atoms with Gasteiger partial charge in [0.25, 0.3) is 0 Å². The Morgan fingerprint density at radius 3 is 2.88 bits per heavy atom. The van der Waals surface area contributed by atoms with Gasteiger partial charge in [0.2, 0.25) is 5.91 Å². The smallest absolute Gasteiger partial charge is 0.229 e. The molecule has 1 amide bonds. The second-order valence-corrected chi connectivity index (χ2v) is 5.95. The molecule has 4 heteroatoms. The van der Waals surface area contributed by atoms with E-state index in [1.165, 1.54) is 19.4 Å². The van der Waals surface area contributed by atoms with E-state index in [2.05, 4.69) is 24.2 Å². The van der Waals surface area contributed by atoms with Gasteiger partial charge in [-0.2, -0.15) is 0 Å². The zero-order valence-corrected chi connectivity index (χ0v) is 11.3. The molecule has 0 aromatic rings. The topological polar surface area (TPSA) is 35.6 Å². The van der Waals surface area contributed by atoms with E-state index in [-0.39, 0.29) is 5.41 Å². The summed E-state index contributed by atoms with van der Waals surface area (Å²) in [4.78, 5) is 16.7. The van der Waals surface area contributed by atoms with Gasteiger partial charge in [-0.05, 0) is 46.3 Å². The average molecular weight is 239 g/mol. The van der Waals surface area contributed by atoms with Crippen LogP contribution in [0.2, 0.25) is 0 Å². The Morgan fingerprint density at radius 1 is 1.59 bits per heavy atom. The zero-order chi connectivity index (χ0) is 12.5. The van der Waals surface area contributed by atoms with Crippen LogP contribution in [-0.2, 0) is 4.79 Å². The first-order chi connectivity index (χ1) is 8.03. The molecule has 0 aromatic heterocycles. The van der Waals surface area contributed by atoms with Crippen molar-refractivity contribution in [2.45, 2.75) is 32.2 Å². The van der Waals surface area contributed by atoms with E-state index >= 15 is 0 Å². The monoisotopic (exact) mass is 239 g/mol. The fourth-order valence-corrected chi connectivity index (χ4v) is 3.07. The van der Waals surface area contributed by atoms with Crippen molar-refractivity contribution < 1.29 is 4.79 Å². The average Bonchev–Trinajstić information content (AvgIpc) is 2.89. The van der Waals surface area contributed by atoms with E-state index in [1.807, 2.05) is 11.9 Å². The lowest BCUT2D eigenvalue weighted by Gasteiger charge is -2.31. The summed E-state index contributed by atoms with van der Waals surface area (Å²) in [6.07, 6.45) is 3.46. The summed E-state index contributed by atoms with van der Waals surface area (Å²) < 4.78 is 0. The van der Waals surface area contributed by atoms with Gasteiger partial charge in [-0.1, -0.05) is 0 Å². The summed E-state index contributed by atoms with van der Waals surface area (Å²) in [6.45, 7) is 5.94. The van der Waals surface area contributed by atoms with Crippen LogP contribution < -0.4 is 5.32 Å². The van der Waals surface area contributed by atoms with Crippen LogP contribution in [0.1, 0.15) is 26.2 Å². The molecule has 2 aliphatic rings. The third kappa shape index (κ3) is 2.63. The minimum absolute atomic E-state index is 0.175. The number of likely N-dealkylation sites (N-methyl/N-ethyl adjacent to an activating group) is 2. The molecule has 0 aliphatic carbocycles. The van der Waals surface area contributed by atoms with Crippen molar-refractivity contribution in [3.8, 4) is 0 Å². The van der Waals surface area contributed by atoms with Crippen molar-refractivity contribution in [2.75, 3.05) is 40.3 Å². The fourth-order valence-electron chi connectivity index (χ4n) is 3.07. The molecular formula is C13H25N3O. The molecular weight excluding hydrogens is 214 g/mol. The molecule has 0 aromatic carbocycles. The SMILES string of the molecule is CN(CC1CCCN1C)C(=O)C1(C)CCNC1. The lowest BCUT2D eigenvalue weighted by Crippen LogP contribution is -2.46. The van der Waals surface area contributed by atoms with Gasteiger partial charge in [0.15, 0.2) is 0 Å². The Labute approximate surface area is 104 Å². The molecule has 2 fully saturated rings. The highest BCUT2D eigenvalue weighted by Crippen LogP contribution is 2.27. The van der Waals surface area contributed by atoms with Gasteiger partial charge >= 0.3 is 0 Å². The van der Waals surface area contributed by atoms with Gasteiger partial charge in [0.05, 0.1) is 5.41 Å². The Hall–Kier alpha value is -0.610. The van der Waals surface area contributed by atoms with E-state index in [0.29, 0.717) is 11.9 Å². The maximum atomic E-state index is 12.4. The van der Waals surface area contributed by atoms with Crippen molar-refractivity contribution in [3.05, 3.63) is 0 Å². The second-order valence-electron chi connectivity index (χ2n) is 5.95. The number of nitrogens with zero attached hydrogens (tertiary/aromatic N) is 2. The molecule has 2 saturated heterocycles. The molecule has 2 aliphatic heterocycles. The summed E-state index contributed by atoms with van der Waals surface area (Å²) in [5, 5.41) is 3.29. The van der Waals surface area contributed by atoms with Crippen LogP contribution in [0.4, 0.5) is 0 Å². The number of carbonyl (C=O) groups is 1. The van der Waals surface area contributed by atoms with E-state index in [9.17, 15) is 4.79 Å². The molecule has 2 heterocycles. The Kier molecular flexibility index (Phi) is 3.73.